The highest BCUT2D eigenvalue weighted by Gasteiger charge is 2.33. The molecule has 2 unspecified atom stereocenters. The molecule has 1 aliphatic carbocycles. The van der Waals surface area contributed by atoms with E-state index in [2.05, 4.69) is 54.2 Å². The van der Waals surface area contributed by atoms with Crippen molar-refractivity contribution in [3.05, 3.63) is 44.8 Å². The first kappa shape index (κ1) is 15.3. The van der Waals surface area contributed by atoms with Crippen LogP contribution < -0.4 is 5.32 Å². The summed E-state index contributed by atoms with van der Waals surface area (Å²) in [6, 6.07) is 9.99. The van der Waals surface area contributed by atoms with E-state index in [1.165, 1.54) is 35.4 Å². The Morgan fingerprint density at radius 2 is 2.00 bits per heavy atom. The Labute approximate surface area is 136 Å². The molecule has 2 aromatic heterocycles. The number of rotatable bonds is 5. The van der Waals surface area contributed by atoms with Crippen molar-refractivity contribution in [3.8, 4) is 0 Å². The van der Waals surface area contributed by atoms with Crippen LogP contribution >= 0.6 is 22.7 Å². The molecule has 3 heteroatoms. The summed E-state index contributed by atoms with van der Waals surface area (Å²) in [5, 5.41) is 8.39. The highest BCUT2D eigenvalue weighted by atomic mass is 32.1. The first-order valence-corrected chi connectivity index (χ1v) is 9.73. The van der Waals surface area contributed by atoms with Crippen molar-refractivity contribution in [1.82, 2.24) is 5.32 Å². The lowest BCUT2D eigenvalue weighted by Gasteiger charge is -2.41. The minimum absolute atomic E-state index is 0.420. The maximum absolute atomic E-state index is 4.00. The minimum Gasteiger partial charge on any atom is -0.306 e. The van der Waals surface area contributed by atoms with Crippen LogP contribution in [0.25, 0.3) is 0 Å². The maximum atomic E-state index is 4.00. The van der Waals surface area contributed by atoms with Gasteiger partial charge in [0.25, 0.3) is 0 Å². The zero-order valence-corrected chi connectivity index (χ0v) is 14.6. The molecule has 1 saturated carbocycles. The smallest absolute Gasteiger partial charge is 0.0465 e. The largest absolute Gasteiger partial charge is 0.306 e. The summed E-state index contributed by atoms with van der Waals surface area (Å²) in [4.78, 5) is 2.96. The zero-order valence-electron chi connectivity index (χ0n) is 13.0. The van der Waals surface area contributed by atoms with E-state index in [9.17, 15) is 0 Å². The third-order valence-corrected chi connectivity index (χ3v) is 6.67. The molecule has 1 nitrogen and oxygen atoms in total. The minimum atomic E-state index is 0.420. The molecule has 0 amide bonds. The van der Waals surface area contributed by atoms with E-state index >= 15 is 0 Å². The second-order valence-corrected chi connectivity index (χ2v) is 8.82. The van der Waals surface area contributed by atoms with E-state index in [0.29, 0.717) is 17.5 Å². The molecule has 1 aliphatic rings. The molecular formula is C18H25NS2. The van der Waals surface area contributed by atoms with Gasteiger partial charge in [-0.25, -0.2) is 0 Å². The van der Waals surface area contributed by atoms with Crippen LogP contribution in [-0.4, -0.2) is 6.04 Å². The fourth-order valence-electron chi connectivity index (χ4n) is 3.41. The number of hydrogen-bond donors (Lipinski definition) is 1. The van der Waals surface area contributed by atoms with Crippen molar-refractivity contribution in [2.45, 2.75) is 58.0 Å². The first-order valence-electron chi connectivity index (χ1n) is 7.97. The summed E-state index contributed by atoms with van der Waals surface area (Å²) in [6.45, 7) is 4.86. The predicted octanol–water partition coefficient (Wildman–Crippen LogP) is 5.65. The molecule has 0 aliphatic heterocycles. The molecule has 3 rings (SSSR count). The highest BCUT2D eigenvalue weighted by molar-refractivity contribution is 7.10. The molecule has 0 spiro atoms. The Kier molecular flexibility index (Phi) is 4.82. The van der Waals surface area contributed by atoms with Crippen molar-refractivity contribution in [1.29, 1.82) is 0 Å². The monoisotopic (exact) mass is 319 g/mol. The number of thiophene rings is 2. The Balaban J connectivity index is 1.76. The van der Waals surface area contributed by atoms with E-state index < -0.39 is 0 Å². The van der Waals surface area contributed by atoms with Gasteiger partial charge in [-0.3, -0.25) is 0 Å². The van der Waals surface area contributed by atoms with Crippen LogP contribution in [0.2, 0.25) is 0 Å². The van der Waals surface area contributed by atoms with Crippen molar-refractivity contribution >= 4 is 22.7 Å². The van der Waals surface area contributed by atoms with Gasteiger partial charge < -0.3 is 5.32 Å². The third kappa shape index (κ3) is 3.77. The fraction of sp³-hybridized carbons (Fsp3) is 0.556. The van der Waals surface area contributed by atoms with Crippen LogP contribution in [0.15, 0.2) is 35.0 Å². The van der Waals surface area contributed by atoms with E-state index in [4.69, 9.17) is 0 Å². The van der Waals surface area contributed by atoms with E-state index in [0.717, 1.165) is 6.42 Å². The summed E-state index contributed by atoms with van der Waals surface area (Å²) in [5.74, 6) is 0. The molecule has 0 aromatic carbocycles. The van der Waals surface area contributed by atoms with Crippen LogP contribution in [0, 0.1) is 5.41 Å². The summed E-state index contributed by atoms with van der Waals surface area (Å²) in [5.41, 5.74) is 0.420. The summed E-state index contributed by atoms with van der Waals surface area (Å²) < 4.78 is 0. The average molecular weight is 320 g/mol. The number of nitrogens with one attached hydrogen (secondary N) is 1. The van der Waals surface area contributed by atoms with E-state index in [1.807, 2.05) is 22.7 Å². The SMILES string of the molecule is CC1(C)CCCCC1NC(Cc1cccs1)c1cccs1. The van der Waals surface area contributed by atoms with Crippen molar-refractivity contribution in [3.63, 3.8) is 0 Å². The molecule has 0 saturated heterocycles. The zero-order chi connectivity index (χ0) is 14.7. The van der Waals surface area contributed by atoms with Crippen molar-refractivity contribution in [2.24, 2.45) is 5.41 Å². The number of hydrogen-bond acceptors (Lipinski definition) is 3. The van der Waals surface area contributed by atoms with Gasteiger partial charge in [0.15, 0.2) is 0 Å². The third-order valence-electron chi connectivity index (χ3n) is 4.78. The Morgan fingerprint density at radius 3 is 2.67 bits per heavy atom. The Bertz CT molecular complexity index is 528. The van der Waals surface area contributed by atoms with E-state index in [1.54, 1.807) is 0 Å². The molecule has 21 heavy (non-hydrogen) atoms. The molecule has 2 heterocycles. The standard InChI is InChI=1S/C18H25NS2/c1-18(2)10-4-3-9-17(18)19-15(16-8-6-12-21-16)13-14-7-5-11-20-14/h5-8,11-12,15,17,19H,3-4,9-10,13H2,1-2H3. The summed E-state index contributed by atoms with van der Waals surface area (Å²) >= 11 is 3.76. The van der Waals surface area contributed by atoms with Gasteiger partial charge in [-0.05, 0) is 41.1 Å². The normalized spacial score (nSPS) is 23.0. The lowest BCUT2D eigenvalue weighted by Crippen LogP contribution is -2.45. The highest BCUT2D eigenvalue weighted by Crippen LogP contribution is 2.37. The molecule has 0 radical (unpaired) electrons. The molecule has 2 atom stereocenters. The van der Waals surface area contributed by atoms with Gasteiger partial charge in [0, 0.05) is 28.3 Å². The van der Waals surface area contributed by atoms with Gasteiger partial charge in [-0.2, -0.15) is 0 Å². The van der Waals surface area contributed by atoms with Crippen molar-refractivity contribution in [2.75, 3.05) is 0 Å². The predicted molar refractivity (Wildman–Crippen MR) is 94.3 cm³/mol. The van der Waals surface area contributed by atoms with E-state index in [-0.39, 0.29) is 0 Å². The van der Waals surface area contributed by atoms with Gasteiger partial charge in [0.2, 0.25) is 0 Å². The second kappa shape index (κ2) is 6.64. The van der Waals surface area contributed by atoms with Crippen LogP contribution in [0.3, 0.4) is 0 Å². The Morgan fingerprint density at radius 1 is 1.19 bits per heavy atom. The molecule has 1 N–H and O–H groups in total. The van der Waals surface area contributed by atoms with Gasteiger partial charge in [0.1, 0.15) is 0 Å². The molecule has 114 valence electrons. The topological polar surface area (TPSA) is 12.0 Å². The van der Waals surface area contributed by atoms with Crippen molar-refractivity contribution < 1.29 is 0 Å². The Hall–Kier alpha value is -0.640. The van der Waals surface area contributed by atoms with Crippen LogP contribution in [0.4, 0.5) is 0 Å². The average Bonchev–Trinajstić information content (AvgIpc) is 3.12. The lowest BCUT2D eigenvalue weighted by atomic mass is 9.73. The summed E-state index contributed by atoms with van der Waals surface area (Å²) in [6.07, 6.45) is 6.54. The fourth-order valence-corrected chi connectivity index (χ4v) is 4.95. The van der Waals surface area contributed by atoms with Crippen LogP contribution in [0.5, 0.6) is 0 Å². The molecular weight excluding hydrogens is 294 g/mol. The van der Waals surface area contributed by atoms with Crippen LogP contribution in [-0.2, 0) is 6.42 Å². The van der Waals surface area contributed by atoms with Gasteiger partial charge >= 0.3 is 0 Å². The molecule has 2 aromatic rings. The van der Waals surface area contributed by atoms with Gasteiger partial charge in [-0.15, -0.1) is 22.7 Å². The maximum Gasteiger partial charge on any atom is 0.0465 e. The van der Waals surface area contributed by atoms with Gasteiger partial charge in [-0.1, -0.05) is 38.8 Å². The molecule has 0 bridgehead atoms. The summed E-state index contributed by atoms with van der Waals surface area (Å²) in [7, 11) is 0. The van der Waals surface area contributed by atoms with Gasteiger partial charge in [0.05, 0.1) is 0 Å². The second-order valence-electron chi connectivity index (χ2n) is 6.81. The first-order chi connectivity index (χ1) is 10.1. The van der Waals surface area contributed by atoms with Crippen LogP contribution in [0.1, 0.15) is 55.3 Å². The molecule has 1 fully saturated rings. The lowest BCUT2D eigenvalue weighted by molar-refractivity contribution is 0.155. The quantitative estimate of drug-likeness (QED) is 0.750.